The zero-order valence-corrected chi connectivity index (χ0v) is 27.6. The minimum atomic E-state index is -4.36. The van der Waals surface area contributed by atoms with E-state index in [0.717, 1.165) is 64.2 Å². The van der Waals surface area contributed by atoms with E-state index in [4.69, 9.17) is 57.1 Å². The van der Waals surface area contributed by atoms with E-state index in [2.05, 4.69) is 14.5 Å². The Morgan fingerprint density at radius 2 is 1.34 bits per heavy atom. The Hall–Kier alpha value is -0.735. The van der Waals surface area contributed by atoms with E-state index in [9.17, 15) is 9.46 Å². The number of rotatable bonds is 30. The van der Waals surface area contributed by atoms with Gasteiger partial charge in [0.05, 0.1) is 83.8 Å². The molecule has 1 saturated heterocycles. The number of phosphoric acid groups is 1. The van der Waals surface area contributed by atoms with Crippen LogP contribution >= 0.6 is 16.4 Å². The molecule has 0 aromatic heterocycles. The average molecular weight is 670 g/mol. The van der Waals surface area contributed by atoms with Crippen LogP contribution in [-0.2, 0) is 37.1 Å². The number of amidine groups is 2. The first-order valence-electron chi connectivity index (χ1n) is 15.3. The van der Waals surface area contributed by atoms with Crippen molar-refractivity contribution in [3.05, 3.63) is 0 Å². The quantitative estimate of drug-likeness (QED) is 0.0244. The van der Waals surface area contributed by atoms with Gasteiger partial charge in [-0.05, 0) is 38.5 Å². The molecule has 3 unspecified atom stereocenters. The molecule has 0 bridgehead atoms. The normalized spacial score (nSPS) is 18.7. The highest BCUT2D eigenvalue weighted by molar-refractivity contribution is 7.46. The molecule has 1 aliphatic heterocycles. The van der Waals surface area contributed by atoms with Crippen LogP contribution in [-0.4, -0.2) is 119 Å². The summed E-state index contributed by atoms with van der Waals surface area (Å²) < 4.78 is 47.1. The topological polar surface area (TPSA) is 219 Å². The van der Waals surface area contributed by atoms with Crippen LogP contribution in [0, 0.1) is 0 Å². The van der Waals surface area contributed by atoms with Gasteiger partial charge in [0.1, 0.15) is 7.85 Å². The summed E-state index contributed by atoms with van der Waals surface area (Å²) in [5.74, 6) is 1.27. The van der Waals surface area contributed by atoms with Gasteiger partial charge in [-0.3, -0.25) is 14.5 Å². The Morgan fingerprint density at radius 3 is 1.95 bits per heavy atom. The van der Waals surface area contributed by atoms with Gasteiger partial charge in [-0.2, -0.15) is 0 Å². The third-order valence-electron chi connectivity index (χ3n) is 6.23. The maximum atomic E-state index is 10.6. The van der Waals surface area contributed by atoms with Crippen molar-refractivity contribution in [3.63, 3.8) is 0 Å². The minimum absolute atomic E-state index is 0.0603. The zero-order valence-electron chi connectivity index (χ0n) is 25.8. The Labute approximate surface area is 264 Å². The van der Waals surface area contributed by atoms with Crippen LogP contribution in [0.2, 0.25) is 0 Å². The highest BCUT2D eigenvalue weighted by Gasteiger charge is 2.23. The van der Waals surface area contributed by atoms with E-state index >= 15 is 0 Å². The summed E-state index contributed by atoms with van der Waals surface area (Å²) in [5.41, 5.74) is 11.9. The first kappa shape index (κ1) is 41.3. The highest BCUT2D eigenvalue weighted by Crippen LogP contribution is 2.36. The lowest BCUT2D eigenvalue weighted by molar-refractivity contribution is 0.00787. The smallest absolute Gasteiger partial charge is 0.387 e. The van der Waals surface area contributed by atoms with Crippen LogP contribution in [0.25, 0.3) is 0 Å². The summed E-state index contributed by atoms with van der Waals surface area (Å²) >= 11 is 0. The molecule has 0 saturated carbocycles. The Balaban J connectivity index is 1.81. The third-order valence-corrected chi connectivity index (χ3v) is 7.52. The molecule has 3 atom stereocenters. The van der Waals surface area contributed by atoms with Crippen molar-refractivity contribution in [2.75, 3.05) is 72.6 Å². The second-order valence-electron chi connectivity index (χ2n) is 10.1. The Morgan fingerprint density at radius 1 is 0.773 bits per heavy atom. The van der Waals surface area contributed by atoms with Crippen molar-refractivity contribution in [2.24, 2.45) is 21.5 Å². The molecule has 256 valence electrons. The van der Waals surface area contributed by atoms with Gasteiger partial charge >= 0.3 is 16.4 Å². The molecule has 0 aromatic rings. The fourth-order valence-electron chi connectivity index (χ4n) is 3.93. The average Bonchev–Trinajstić information content (AvgIpc) is 3.39. The third kappa shape index (κ3) is 27.6. The number of hydrogen-bond donors (Lipinski definition) is 5. The standard InChI is InChI=1S/C26H53BN4O11P2/c27-24-11-10-23(42-24)22-40-43(32)39-21-20-38-19-18-37-17-16-36-15-13-31-26(29)9-5-3-4-8-25(28)30-12-6-1-2-7-14-41-44(33,34)35/h23-24,32H,1-22H2,(H2,28,30)(H2,29,31)(H2,33,34,35). The van der Waals surface area contributed by atoms with Crippen LogP contribution in [0.3, 0.4) is 0 Å². The predicted molar refractivity (Wildman–Crippen MR) is 170 cm³/mol. The summed E-state index contributed by atoms with van der Waals surface area (Å²) in [6.45, 7) is 4.24. The number of aliphatic imine (C=N–C) groups is 2. The number of nitrogens with zero attached hydrogens (tertiary/aromatic N) is 2. The fraction of sp³-hybridized carbons (Fsp3) is 0.923. The van der Waals surface area contributed by atoms with E-state index in [1.807, 2.05) is 0 Å². The molecule has 15 nitrogen and oxygen atoms in total. The molecule has 0 spiro atoms. The second kappa shape index (κ2) is 27.4. The summed E-state index contributed by atoms with van der Waals surface area (Å²) in [6, 6.07) is -0.251. The lowest BCUT2D eigenvalue weighted by Crippen LogP contribution is -2.16. The molecular weight excluding hydrogens is 617 g/mol. The molecule has 44 heavy (non-hydrogen) atoms. The second-order valence-corrected chi connectivity index (χ2v) is 12.4. The number of hydrogen-bond acceptors (Lipinski definition) is 11. The van der Waals surface area contributed by atoms with Crippen molar-refractivity contribution < 1.29 is 51.8 Å². The van der Waals surface area contributed by atoms with Crippen LogP contribution in [0.1, 0.15) is 70.6 Å². The summed E-state index contributed by atoms with van der Waals surface area (Å²) in [4.78, 5) is 35.6. The maximum absolute atomic E-state index is 10.6. The van der Waals surface area contributed by atoms with Gasteiger partial charge in [0.25, 0.3) is 0 Å². The van der Waals surface area contributed by atoms with Gasteiger partial charge in [0, 0.05) is 25.4 Å². The predicted octanol–water partition coefficient (Wildman–Crippen LogP) is 2.30. The lowest BCUT2D eigenvalue weighted by atomic mass is 9.97. The van der Waals surface area contributed by atoms with Gasteiger partial charge in [-0.1, -0.05) is 19.3 Å². The Kier molecular flexibility index (Phi) is 25.7. The fourth-order valence-corrected chi connectivity index (χ4v) is 4.90. The lowest BCUT2D eigenvalue weighted by Gasteiger charge is -2.14. The van der Waals surface area contributed by atoms with Gasteiger partial charge < -0.3 is 54.1 Å². The molecule has 0 aliphatic carbocycles. The van der Waals surface area contributed by atoms with Crippen LogP contribution in [0.5, 0.6) is 0 Å². The molecule has 1 aliphatic rings. The van der Waals surface area contributed by atoms with E-state index in [1.54, 1.807) is 0 Å². The van der Waals surface area contributed by atoms with E-state index in [1.165, 1.54) is 0 Å². The minimum Gasteiger partial charge on any atom is -0.387 e. The number of phosphoric ester groups is 1. The van der Waals surface area contributed by atoms with Crippen molar-refractivity contribution >= 4 is 35.9 Å². The first-order chi connectivity index (χ1) is 21.2. The highest BCUT2D eigenvalue weighted by atomic mass is 31.2. The molecule has 2 radical (unpaired) electrons. The van der Waals surface area contributed by atoms with Gasteiger partial charge in [0.2, 0.25) is 0 Å². The summed E-state index contributed by atoms with van der Waals surface area (Å²) in [6.07, 6.45) is 9.07. The molecule has 18 heteroatoms. The van der Waals surface area contributed by atoms with E-state index < -0.39 is 16.4 Å². The van der Waals surface area contributed by atoms with E-state index in [0.29, 0.717) is 70.8 Å². The molecule has 1 fully saturated rings. The zero-order chi connectivity index (χ0) is 32.3. The summed E-state index contributed by atoms with van der Waals surface area (Å²) in [7, 11) is -0.662. The largest absolute Gasteiger partial charge is 0.469 e. The molecule has 7 N–H and O–H groups in total. The number of unbranched alkanes of at least 4 members (excludes halogenated alkanes) is 5. The molecule has 0 amide bonds. The summed E-state index contributed by atoms with van der Waals surface area (Å²) in [5, 5.41) is 0. The van der Waals surface area contributed by atoms with Crippen molar-refractivity contribution in [1.82, 2.24) is 0 Å². The Bertz CT molecular complexity index is 814. The molecule has 1 rings (SSSR count). The van der Waals surface area contributed by atoms with Gasteiger partial charge in [-0.25, -0.2) is 4.57 Å². The SMILES string of the molecule is [B]C1CCC(COP(O)OCCOCCOCCOCCN=C(N)CCCCCC(N)=NCCCCCCOP(=O)(O)O)O1. The van der Waals surface area contributed by atoms with Crippen molar-refractivity contribution in [2.45, 2.75) is 82.7 Å². The maximum Gasteiger partial charge on any atom is 0.469 e. The first-order valence-corrected chi connectivity index (χ1v) is 18.0. The van der Waals surface area contributed by atoms with Crippen LogP contribution < -0.4 is 11.5 Å². The van der Waals surface area contributed by atoms with E-state index in [-0.39, 0.29) is 31.9 Å². The van der Waals surface area contributed by atoms with Crippen LogP contribution in [0.15, 0.2) is 9.98 Å². The van der Waals surface area contributed by atoms with Crippen molar-refractivity contribution in [3.8, 4) is 0 Å². The number of nitrogens with two attached hydrogens (primary N) is 2. The van der Waals surface area contributed by atoms with Gasteiger partial charge in [0.15, 0.2) is 0 Å². The number of ether oxygens (including phenoxy) is 4. The monoisotopic (exact) mass is 670 g/mol. The molecule has 1 heterocycles. The molecular formula is C26H53BN4O11P2. The van der Waals surface area contributed by atoms with Gasteiger partial charge in [-0.15, -0.1) is 0 Å². The molecule has 0 aromatic carbocycles. The van der Waals surface area contributed by atoms with Crippen molar-refractivity contribution in [1.29, 1.82) is 0 Å². The van der Waals surface area contributed by atoms with Crippen LogP contribution in [0.4, 0.5) is 0 Å².